The fourth-order valence-electron chi connectivity index (χ4n) is 11.9. The summed E-state index contributed by atoms with van der Waals surface area (Å²) in [6.45, 7) is 4.74. The number of carbonyl (C=O) groups is 1. The molecule has 5 aliphatic rings. The van der Waals surface area contributed by atoms with Crippen molar-refractivity contribution in [2.45, 2.75) is 37.5 Å². The lowest BCUT2D eigenvalue weighted by molar-refractivity contribution is -0.120. The molecule has 1 nitrogen and oxygen atoms in total. The average Bonchev–Trinajstić information content (AvgIpc) is 3.69. The zero-order chi connectivity index (χ0) is 32.7. The van der Waals surface area contributed by atoms with E-state index in [0.717, 1.165) is 0 Å². The van der Waals surface area contributed by atoms with Gasteiger partial charge < -0.3 is 0 Å². The second-order valence-electron chi connectivity index (χ2n) is 15.3. The van der Waals surface area contributed by atoms with Crippen molar-refractivity contribution >= 4 is 38.1 Å². The minimum absolute atomic E-state index is 0.116. The lowest BCUT2D eigenvalue weighted by Gasteiger charge is -2.44. The highest BCUT2D eigenvalue weighted by atomic mass is 16.1. The molecule has 0 radical (unpaired) electrons. The van der Waals surface area contributed by atoms with E-state index in [2.05, 4.69) is 135 Å². The molecular formula is C49H30O. The maximum absolute atomic E-state index is 16.2. The van der Waals surface area contributed by atoms with Crippen molar-refractivity contribution in [3.8, 4) is 22.3 Å². The molecule has 13 rings (SSSR count). The van der Waals surface area contributed by atoms with Gasteiger partial charge in [0, 0.05) is 11.8 Å². The molecule has 0 spiro atoms. The summed E-state index contributed by atoms with van der Waals surface area (Å²) in [5.74, 6) is -0.0916. The number of benzene rings is 8. The van der Waals surface area contributed by atoms with Gasteiger partial charge in [0.1, 0.15) is 0 Å². The summed E-state index contributed by atoms with van der Waals surface area (Å²) < 4.78 is 0. The van der Waals surface area contributed by atoms with Crippen LogP contribution in [0.4, 0.5) is 0 Å². The molecule has 0 N–H and O–H groups in total. The van der Waals surface area contributed by atoms with Gasteiger partial charge in [-0.3, -0.25) is 4.79 Å². The monoisotopic (exact) mass is 634 g/mol. The van der Waals surface area contributed by atoms with Crippen LogP contribution in [0.3, 0.4) is 0 Å². The van der Waals surface area contributed by atoms with Crippen molar-refractivity contribution in [2.75, 3.05) is 0 Å². The minimum atomic E-state index is -0.333. The van der Waals surface area contributed by atoms with Gasteiger partial charge in [-0.2, -0.15) is 0 Å². The van der Waals surface area contributed by atoms with Gasteiger partial charge in [0.15, 0.2) is 5.78 Å². The first kappa shape index (κ1) is 26.1. The molecule has 8 aromatic rings. The van der Waals surface area contributed by atoms with E-state index in [1.807, 2.05) is 0 Å². The Morgan fingerprint density at radius 1 is 0.380 bits per heavy atom. The Morgan fingerprint density at radius 2 is 0.820 bits per heavy atom. The first-order chi connectivity index (χ1) is 24.6. The molecule has 0 aromatic heterocycles. The minimum Gasteiger partial charge on any atom is -0.298 e. The van der Waals surface area contributed by atoms with Crippen LogP contribution in [0.25, 0.3) is 54.6 Å². The predicted octanol–water partition coefficient (Wildman–Crippen LogP) is 11.6. The van der Waals surface area contributed by atoms with Gasteiger partial charge in [0.05, 0.1) is 11.8 Å². The Morgan fingerprint density at radius 3 is 1.32 bits per heavy atom. The maximum Gasteiger partial charge on any atom is 0.156 e. The Kier molecular flexibility index (Phi) is 4.44. The summed E-state index contributed by atoms with van der Waals surface area (Å²) in [7, 11) is 0. The van der Waals surface area contributed by atoms with Crippen LogP contribution < -0.4 is 0 Å². The topological polar surface area (TPSA) is 17.1 Å². The smallest absolute Gasteiger partial charge is 0.156 e. The summed E-state index contributed by atoms with van der Waals surface area (Å²) >= 11 is 0. The van der Waals surface area contributed by atoms with Crippen LogP contribution in [0.1, 0.15) is 90.4 Å². The Labute approximate surface area is 289 Å². The van der Waals surface area contributed by atoms with Crippen LogP contribution in [0.2, 0.25) is 0 Å². The van der Waals surface area contributed by atoms with E-state index < -0.39 is 0 Å². The van der Waals surface area contributed by atoms with Gasteiger partial charge in [-0.1, -0.05) is 121 Å². The van der Waals surface area contributed by atoms with Gasteiger partial charge in [-0.25, -0.2) is 0 Å². The second-order valence-corrected chi connectivity index (χ2v) is 15.3. The number of fused-ring (bicyclic) bond motifs is 16. The summed E-state index contributed by atoms with van der Waals surface area (Å²) in [4.78, 5) is 16.2. The highest BCUT2D eigenvalue weighted by Crippen LogP contribution is 2.68. The SMILES string of the molecule is Cc1c2c3c4c5c6c7c(c(C)c15)-c1ccccc1C7c1ccc5ccccc5c1C6C(=O)C4c1c(ccc4ccccc14)C3c1ccccc1-2. The highest BCUT2D eigenvalue weighted by molar-refractivity contribution is 6.19. The van der Waals surface area contributed by atoms with Crippen molar-refractivity contribution in [2.24, 2.45) is 0 Å². The third-order valence-electron chi connectivity index (χ3n) is 13.4. The maximum atomic E-state index is 16.2. The van der Waals surface area contributed by atoms with E-state index in [-0.39, 0.29) is 23.7 Å². The van der Waals surface area contributed by atoms with E-state index >= 15 is 4.79 Å². The third kappa shape index (κ3) is 2.66. The average molecular weight is 635 g/mol. The molecular weight excluding hydrogens is 605 g/mol. The molecule has 0 saturated carbocycles. The highest BCUT2D eigenvalue weighted by Gasteiger charge is 2.54. The predicted molar refractivity (Wildman–Crippen MR) is 203 cm³/mol. The number of Topliss-reactive ketones (excluding diaryl/α,β-unsaturated/α-hetero) is 1. The second kappa shape index (κ2) is 8.49. The van der Waals surface area contributed by atoms with Crippen LogP contribution in [-0.4, -0.2) is 5.78 Å². The molecule has 0 fully saturated rings. The summed E-state index contributed by atoms with van der Waals surface area (Å²) in [5, 5.41) is 7.59. The summed E-state index contributed by atoms with van der Waals surface area (Å²) in [6, 6.07) is 44.9. The molecule has 1 heteroatoms. The number of hydrogen-bond acceptors (Lipinski definition) is 1. The van der Waals surface area contributed by atoms with Crippen molar-refractivity contribution < 1.29 is 4.79 Å². The molecule has 0 bridgehead atoms. The lowest BCUT2D eigenvalue weighted by Crippen LogP contribution is -2.35. The van der Waals surface area contributed by atoms with Crippen LogP contribution in [0.5, 0.6) is 0 Å². The largest absolute Gasteiger partial charge is 0.298 e. The van der Waals surface area contributed by atoms with Crippen molar-refractivity contribution in [1.82, 2.24) is 0 Å². The number of hydrogen-bond donors (Lipinski definition) is 0. The number of aryl methyl sites for hydroxylation is 2. The van der Waals surface area contributed by atoms with E-state index in [4.69, 9.17) is 0 Å². The van der Waals surface area contributed by atoms with Crippen LogP contribution in [-0.2, 0) is 4.79 Å². The Hall–Kier alpha value is -5.79. The van der Waals surface area contributed by atoms with Crippen molar-refractivity contribution in [3.63, 3.8) is 0 Å². The summed E-state index contributed by atoms with van der Waals surface area (Å²) in [5.41, 5.74) is 21.3. The Balaban J connectivity index is 1.32. The molecule has 0 saturated heterocycles. The van der Waals surface area contributed by atoms with Crippen molar-refractivity contribution in [3.05, 3.63) is 188 Å². The molecule has 8 aromatic carbocycles. The Bertz CT molecular complexity index is 2800. The van der Waals surface area contributed by atoms with Gasteiger partial charge in [-0.15, -0.1) is 0 Å². The van der Waals surface area contributed by atoms with Crippen molar-refractivity contribution in [1.29, 1.82) is 0 Å². The third-order valence-corrected chi connectivity index (χ3v) is 13.4. The molecule has 232 valence electrons. The van der Waals surface area contributed by atoms with Gasteiger partial charge in [0.25, 0.3) is 0 Å². The zero-order valence-corrected chi connectivity index (χ0v) is 27.8. The number of rotatable bonds is 0. The van der Waals surface area contributed by atoms with Gasteiger partial charge >= 0.3 is 0 Å². The molecule has 50 heavy (non-hydrogen) atoms. The van der Waals surface area contributed by atoms with Crippen LogP contribution >= 0.6 is 0 Å². The normalized spacial score (nSPS) is 20.6. The molecule has 4 atom stereocenters. The fourth-order valence-corrected chi connectivity index (χ4v) is 11.9. The molecule has 0 aliphatic heterocycles. The fraction of sp³-hybridized carbons (Fsp3) is 0.122. The summed E-state index contributed by atoms with van der Waals surface area (Å²) in [6.07, 6.45) is 0. The zero-order valence-electron chi connectivity index (χ0n) is 27.8. The lowest BCUT2D eigenvalue weighted by atomic mass is 9.57. The first-order valence-corrected chi connectivity index (χ1v) is 18.0. The van der Waals surface area contributed by atoms with E-state index in [1.165, 1.54) is 121 Å². The quantitative estimate of drug-likeness (QED) is 0.162. The number of carbonyl (C=O) groups excluding carboxylic acids is 1. The molecule has 0 heterocycles. The molecule has 5 aliphatic carbocycles. The van der Waals surface area contributed by atoms with Gasteiger partial charge in [-0.05, 0) is 135 Å². The number of ketones is 1. The van der Waals surface area contributed by atoms with E-state index in [9.17, 15) is 0 Å². The van der Waals surface area contributed by atoms with E-state index in [1.54, 1.807) is 0 Å². The van der Waals surface area contributed by atoms with E-state index in [0.29, 0.717) is 5.78 Å². The van der Waals surface area contributed by atoms with Crippen LogP contribution in [0.15, 0.2) is 121 Å². The van der Waals surface area contributed by atoms with Crippen LogP contribution in [0, 0.1) is 13.8 Å². The standard InChI is InChI=1S/C49H30O/c1-23-35-24(2)37-30-16-8-10-18-32(30)41-34-22-20-26-12-4-6-14-28(26)39(34)48-46(44(37)41)42(35)45-43-36(23)29-15-7-9-17-31(29)40(43)33-21-19-25-11-3-5-13-27(25)38(33)47(45)49(48)50/h3-22,40-41,47-48H,1-2H3. The first-order valence-electron chi connectivity index (χ1n) is 18.0. The molecule has 4 unspecified atom stereocenters. The molecule has 0 amide bonds. The van der Waals surface area contributed by atoms with Gasteiger partial charge in [0.2, 0.25) is 0 Å².